The van der Waals surface area contributed by atoms with E-state index in [1.165, 1.54) is 36.5 Å². The predicted molar refractivity (Wildman–Crippen MR) is 75.9 cm³/mol. The van der Waals surface area contributed by atoms with Gasteiger partial charge in [-0.1, -0.05) is 27.7 Å². The Morgan fingerprint density at radius 2 is 1.83 bits per heavy atom. The molecule has 0 fully saturated rings. The third-order valence-electron chi connectivity index (χ3n) is 4.72. The first-order valence-electron chi connectivity index (χ1n) is 7.52. The summed E-state index contributed by atoms with van der Waals surface area (Å²) in [4.78, 5) is 4.88. The maximum absolute atomic E-state index is 4.88. The van der Waals surface area contributed by atoms with Crippen LogP contribution in [0.5, 0.6) is 0 Å². The maximum Gasteiger partial charge on any atom is 0.109 e. The minimum Gasteiger partial charge on any atom is -0.326 e. The highest BCUT2D eigenvalue weighted by molar-refractivity contribution is 5.23. The van der Waals surface area contributed by atoms with E-state index in [0.29, 0.717) is 0 Å². The highest BCUT2D eigenvalue weighted by atomic mass is 15.2. The first-order valence-corrected chi connectivity index (χ1v) is 7.52. The molecule has 2 heterocycles. The molecule has 102 valence electrons. The van der Waals surface area contributed by atoms with Gasteiger partial charge >= 0.3 is 0 Å². The Kier molecular flexibility index (Phi) is 4.10. The molecule has 0 atom stereocenters. The van der Waals surface area contributed by atoms with Gasteiger partial charge in [-0.3, -0.25) is 0 Å². The van der Waals surface area contributed by atoms with Gasteiger partial charge in [0.25, 0.3) is 0 Å². The molecule has 1 aromatic heterocycles. The van der Waals surface area contributed by atoms with Gasteiger partial charge < -0.3 is 9.88 Å². The standard InChI is InChI=1S/C15H27N3/c1-5-14-17-12-11-16-10-9-13(12)18(14)15(6-2,7-3)8-4/h16H,5-11H2,1-4H3. The Morgan fingerprint density at radius 1 is 1.17 bits per heavy atom. The molecule has 0 saturated heterocycles. The summed E-state index contributed by atoms with van der Waals surface area (Å²) in [6.45, 7) is 11.2. The molecule has 0 radical (unpaired) electrons. The topological polar surface area (TPSA) is 29.9 Å². The van der Waals surface area contributed by atoms with Gasteiger partial charge in [-0.2, -0.15) is 0 Å². The zero-order chi connectivity index (χ0) is 13.2. The maximum atomic E-state index is 4.88. The summed E-state index contributed by atoms with van der Waals surface area (Å²) < 4.78 is 2.60. The fourth-order valence-electron chi connectivity index (χ4n) is 3.39. The first-order chi connectivity index (χ1) is 8.72. The van der Waals surface area contributed by atoms with Crippen LogP contribution in [0.2, 0.25) is 0 Å². The van der Waals surface area contributed by atoms with Crippen LogP contribution in [0.15, 0.2) is 0 Å². The van der Waals surface area contributed by atoms with E-state index >= 15 is 0 Å². The van der Waals surface area contributed by atoms with Crippen molar-refractivity contribution in [2.24, 2.45) is 0 Å². The van der Waals surface area contributed by atoms with E-state index in [9.17, 15) is 0 Å². The van der Waals surface area contributed by atoms with Crippen molar-refractivity contribution in [3.8, 4) is 0 Å². The fourth-order valence-corrected chi connectivity index (χ4v) is 3.39. The van der Waals surface area contributed by atoms with E-state index in [4.69, 9.17) is 4.98 Å². The number of nitrogens with zero attached hydrogens (tertiary/aromatic N) is 2. The van der Waals surface area contributed by atoms with E-state index in [0.717, 1.165) is 25.9 Å². The molecule has 3 nitrogen and oxygen atoms in total. The number of rotatable bonds is 5. The molecule has 0 saturated carbocycles. The lowest BCUT2D eigenvalue weighted by Crippen LogP contribution is -2.36. The smallest absolute Gasteiger partial charge is 0.109 e. The Hall–Kier alpha value is -0.830. The first kappa shape index (κ1) is 13.6. The van der Waals surface area contributed by atoms with Crippen LogP contribution in [-0.4, -0.2) is 16.1 Å². The molecule has 1 N–H and O–H groups in total. The quantitative estimate of drug-likeness (QED) is 0.869. The Labute approximate surface area is 111 Å². The van der Waals surface area contributed by atoms with Crippen molar-refractivity contribution in [1.29, 1.82) is 0 Å². The van der Waals surface area contributed by atoms with E-state index in [-0.39, 0.29) is 5.54 Å². The Balaban J connectivity index is 2.56. The Morgan fingerprint density at radius 3 is 2.39 bits per heavy atom. The number of fused-ring (bicyclic) bond motifs is 1. The molecule has 2 rings (SSSR count). The summed E-state index contributed by atoms with van der Waals surface area (Å²) in [6.07, 6.45) is 5.76. The van der Waals surface area contributed by atoms with Crippen molar-refractivity contribution in [2.45, 2.75) is 71.9 Å². The van der Waals surface area contributed by atoms with Crippen molar-refractivity contribution in [3.05, 3.63) is 17.2 Å². The lowest BCUT2D eigenvalue weighted by Gasteiger charge is -2.36. The summed E-state index contributed by atoms with van der Waals surface area (Å²) in [6, 6.07) is 0. The molecular weight excluding hydrogens is 222 g/mol. The largest absolute Gasteiger partial charge is 0.326 e. The zero-order valence-corrected chi connectivity index (χ0v) is 12.3. The summed E-state index contributed by atoms with van der Waals surface area (Å²) in [5.74, 6) is 1.29. The molecule has 0 aromatic carbocycles. The molecule has 0 bridgehead atoms. The average Bonchev–Trinajstić information content (AvgIpc) is 2.81. The van der Waals surface area contributed by atoms with Gasteiger partial charge in [0.15, 0.2) is 0 Å². The van der Waals surface area contributed by atoms with Crippen molar-refractivity contribution in [3.63, 3.8) is 0 Å². The van der Waals surface area contributed by atoms with Crippen molar-refractivity contribution >= 4 is 0 Å². The lowest BCUT2D eigenvalue weighted by molar-refractivity contribution is 0.236. The third-order valence-corrected chi connectivity index (χ3v) is 4.72. The molecule has 0 spiro atoms. The lowest BCUT2D eigenvalue weighted by atomic mass is 9.88. The second kappa shape index (κ2) is 5.43. The summed E-state index contributed by atoms with van der Waals surface area (Å²) in [7, 11) is 0. The van der Waals surface area contributed by atoms with Crippen LogP contribution in [0.4, 0.5) is 0 Å². The molecule has 0 amide bonds. The van der Waals surface area contributed by atoms with Crippen LogP contribution in [0, 0.1) is 0 Å². The van der Waals surface area contributed by atoms with Gasteiger partial charge in [0, 0.05) is 37.2 Å². The van der Waals surface area contributed by atoms with E-state index in [2.05, 4.69) is 37.6 Å². The minimum absolute atomic E-state index is 0.281. The van der Waals surface area contributed by atoms with Crippen LogP contribution in [0.3, 0.4) is 0 Å². The molecule has 1 aliphatic heterocycles. The van der Waals surface area contributed by atoms with Gasteiger partial charge in [0.1, 0.15) is 5.82 Å². The molecular formula is C15H27N3. The second-order valence-corrected chi connectivity index (χ2v) is 5.32. The van der Waals surface area contributed by atoms with Gasteiger partial charge in [-0.15, -0.1) is 0 Å². The summed E-state index contributed by atoms with van der Waals surface area (Å²) in [5.41, 5.74) is 3.07. The molecule has 18 heavy (non-hydrogen) atoms. The number of imidazole rings is 1. The van der Waals surface area contributed by atoms with Gasteiger partial charge in [0.05, 0.1) is 5.69 Å². The number of hydrogen-bond donors (Lipinski definition) is 1. The highest BCUT2D eigenvalue weighted by Gasteiger charge is 2.32. The molecule has 3 heteroatoms. The minimum atomic E-state index is 0.281. The zero-order valence-electron chi connectivity index (χ0n) is 12.3. The SMILES string of the molecule is CCc1nc2c(n1C(CC)(CC)CC)CCNC2. The molecule has 1 aromatic rings. The average molecular weight is 249 g/mol. The van der Waals surface area contributed by atoms with Crippen molar-refractivity contribution in [1.82, 2.24) is 14.9 Å². The third kappa shape index (κ3) is 1.99. The van der Waals surface area contributed by atoms with Crippen molar-refractivity contribution in [2.75, 3.05) is 6.54 Å². The Bertz CT molecular complexity index is 394. The van der Waals surface area contributed by atoms with Gasteiger partial charge in [0.2, 0.25) is 0 Å². The van der Waals surface area contributed by atoms with Crippen LogP contribution in [0.1, 0.15) is 64.2 Å². The van der Waals surface area contributed by atoms with Crippen LogP contribution < -0.4 is 5.32 Å². The normalized spacial score (nSPS) is 15.8. The summed E-state index contributed by atoms with van der Waals surface area (Å²) in [5, 5.41) is 3.44. The van der Waals surface area contributed by atoms with Gasteiger partial charge in [-0.25, -0.2) is 4.98 Å². The fraction of sp³-hybridized carbons (Fsp3) is 0.800. The molecule has 0 aliphatic carbocycles. The van der Waals surface area contributed by atoms with Crippen LogP contribution >= 0.6 is 0 Å². The van der Waals surface area contributed by atoms with Gasteiger partial charge in [-0.05, 0) is 19.3 Å². The number of hydrogen-bond acceptors (Lipinski definition) is 2. The van der Waals surface area contributed by atoms with Crippen LogP contribution in [-0.2, 0) is 24.9 Å². The second-order valence-electron chi connectivity index (χ2n) is 5.32. The monoisotopic (exact) mass is 249 g/mol. The van der Waals surface area contributed by atoms with E-state index < -0.39 is 0 Å². The number of aromatic nitrogens is 2. The predicted octanol–water partition coefficient (Wildman–Crippen LogP) is 3.02. The van der Waals surface area contributed by atoms with E-state index in [1.54, 1.807) is 0 Å². The van der Waals surface area contributed by atoms with E-state index in [1.807, 2.05) is 0 Å². The summed E-state index contributed by atoms with van der Waals surface area (Å²) >= 11 is 0. The molecule has 0 unspecified atom stereocenters. The number of aryl methyl sites for hydroxylation is 1. The highest BCUT2D eigenvalue weighted by Crippen LogP contribution is 2.34. The molecule has 1 aliphatic rings. The van der Waals surface area contributed by atoms with Crippen LogP contribution in [0.25, 0.3) is 0 Å². The van der Waals surface area contributed by atoms with Crippen molar-refractivity contribution < 1.29 is 0 Å². The number of nitrogens with one attached hydrogen (secondary N) is 1.